The second kappa shape index (κ2) is 10.4. The number of carbonyl (C=O) groups excluding carboxylic acids is 1. The summed E-state index contributed by atoms with van der Waals surface area (Å²) in [6.45, 7) is 4.15. The van der Waals surface area contributed by atoms with Crippen LogP contribution in [0.5, 0.6) is 5.75 Å². The van der Waals surface area contributed by atoms with Gasteiger partial charge in [-0.15, -0.1) is 21.5 Å². The molecule has 0 aliphatic carbocycles. The van der Waals surface area contributed by atoms with Gasteiger partial charge in [0.1, 0.15) is 12.4 Å². The van der Waals surface area contributed by atoms with Gasteiger partial charge in [-0.2, -0.15) is 0 Å². The highest BCUT2D eigenvalue weighted by Crippen LogP contribution is 2.27. The Morgan fingerprint density at radius 2 is 1.91 bits per heavy atom. The summed E-state index contributed by atoms with van der Waals surface area (Å²) in [6, 6.07) is 13.6. The van der Waals surface area contributed by atoms with E-state index in [2.05, 4.69) is 20.5 Å². The van der Waals surface area contributed by atoms with Crippen LogP contribution in [0.1, 0.15) is 17.0 Å². The Morgan fingerprint density at radius 3 is 2.64 bits per heavy atom. The molecular weight excluding hydrogens is 478 g/mol. The van der Waals surface area contributed by atoms with Gasteiger partial charge in [0.25, 0.3) is 0 Å². The zero-order chi connectivity index (χ0) is 23.4. The van der Waals surface area contributed by atoms with Gasteiger partial charge in [-0.05, 0) is 37.1 Å². The Morgan fingerprint density at radius 1 is 1.18 bits per heavy atom. The Kier molecular flexibility index (Phi) is 7.32. The molecule has 0 saturated heterocycles. The van der Waals surface area contributed by atoms with Gasteiger partial charge >= 0.3 is 0 Å². The summed E-state index contributed by atoms with van der Waals surface area (Å²) in [5.74, 6) is 1.43. The monoisotopic (exact) mass is 499 g/mol. The third-order valence-electron chi connectivity index (χ3n) is 4.86. The van der Waals surface area contributed by atoms with Crippen LogP contribution >= 0.6 is 34.7 Å². The van der Waals surface area contributed by atoms with Gasteiger partial charge in [-0.3, -0.25) is 4.79 Å². The molecule has 2 aromatic carbocycles. The van der Waals surface area contributed by atoms with Gasteiger partial charge in [0.2, 0.25) is 5.91 Å². The minimum absolute atomic E-state index is 0.151. The lowest BCUT2D eigenvalue weighted by Crippen LogP contribution is -2.14. The number of anilines is 1. The Labute approximate surface area is 205 Å². The molecule has 0 fully saturated rings. The van der Waals surface area contributed by atoms with E-state index < -0.39 is 0 Å². The van der Waals surface area contributed by atoms with E-state index in [-0.39, 0.29) is 18.3 Å². The number of nitrogens with zero attached hydrogens (tertiary/aromatic N) is 4. The van der Waals surface area contributed by atoms with E-state index >= 15 is 0 Å². The van der Waals surface area contributed by atoms with Crippen LogP contribution in [-0.2, 0) is 18.4 Å². The highest BCUT2D eigenvalue weighted by Gasteiger charge is 2.14. The van der Waals surface area contributed by atoms with Gasteiger partial charge in [0.15, 0.2) is 16.1 Å². The number of hydrogen-bond acceptors (Lipinski definition) is 7. The highest BCUT2D eigenvalue weighted by atomic mass is 35.5. The van der Waals surface area contributed by atoms with E-state index in [4.69, 9.17) is 16.3 Å². The quantitative estimate of drug-likeness (QED) is 0.321. The Hall–Kier alpha value is -2.88. The molecule has 0 aliphatic rings. The van der Waals surface area contributed by atoms with E-state index in [1.54, 1.807) is 0 Å². The maximum atomic E-state index is 12.4. The predicted molar refractivity (Wildman–Crippen MR) is 133 cm³/mol. The molecular formula is C23H22ClN5O2S2. The molecule has 4 rings (SSSR count). The van der Waals surface area contributed by atoms with E-state index in [0.717, 1.165) is 33.2 Å². The van der Waals surface area contributed by atoms with Crippen molar-refractivity contribution in [2.24, 2.45) is 7.05 Å². The highest BCUT2D eigenvalue weighted by molar-refractivity contribution is 7.99. The number of thiazole rings is 1. The molecule has 1 N–H and O–H groups in total. The van der Waals surface area contributed by atoms with Crippen molar-refractivity contribution in [1.82, 2.24) is 19.7 Å². The molecule has 0 aliphatic heterocycles. The molecule has 4 aromatic rings. The lowest BCUT2D eigenvalue weighted by atomic mass is 10.1. The van der Waals surface area contributed by atoms with Crippen LogP contribution in [-0.4, -0.2) is 31.4 Å². The first-order valence-electron chi connectivity index (χ1n) is 10.1. The number of aryl methyl sites for hydroxylation is 2. The van der Waals surface area contributed by atoms with Crippen LogP contribution in [0.4, 0.5) is 5.13 Å². The summed E-state index contributed by atoms with van der Waals surface area (Å²) in [6.07, 6.45) is 0. The van der Waals surface area contributed by atoms with E-state index in [0.29, 0.717) is 16.1 Å². The molecule has 2 aromatic heterocycles. The van der Waals surface area contributed by atoms with Gasteiger partial charge in [-0.1, -0.05) is 53.7 Å². The summed E-state index contributed by atoms with van der Waals surface area (Å²) in [5.41, 5.74) is 3.78. The van der Waals surface area contributed by atoms with Crippen LogP contribution in [0.2, 0.25) is 5.02 Å². The average Bonchev–Trinajstić information content (AvgIpc) is 3.41. The van der Waals surface area contributed by atoms with Gasteiger partial charge in [-0.25, -0.2) is 4.98 Å². The molecule has 170 valence electrons. The number of aromatic nitrogens is 4. The average molecular weight is 500 g/mol. The first-order chi connectivity index (χ1) is 15.9. The Balaban J connectivity index is 1.30. The molecule has 0 saturated carbocycles. The third-order valence-corrected chi connectivity index (χ3v) is 7.23. The van der Waals surface area contributed by atoms with Gasteiger partial charge < -0.3 is 14.6 Å². The summed E-state index contributed by atoms with van der Waals surface area (Å²) >= 11 is 8.92. The lowest BCUT2D eigenvalue weighted by molar-refractivity contribution is -0.113. The maximum absolute atomic E-state index is 12.4. The summed E-state index contributed by atoms with van der Waals surface area (Å²) < 4.78 is 7.69. The fraction of sp³-hybridized carbons (Fsp3) is 0.217. The minimum atomic E-state index is -0.151. The molecule has 2 heterocycles. The smallest absolute Gasteiger partial charge is 0.236 e. The summed E-state index contributed by atoms with van der Waals surface area (Å²) in [4.78, 5) is 16.9. The van der Waals surface area contributed by atoms with Gasteiger partial charge in [0, 0.05) is 23.0 Å². The first kappa shape index (κ1) is 23.3. The van der Waals surface area contributed by atoms with Crippen molar-refractivity contribution in [2.45, 2.75) is 25.6 Å². The molecule has 1 amide bonds. The number of rotatable bonds is 8. The second-order valence-electron chi connectivity index (χ2n) is 7.36. The van der Waals surface area contributed by atoms with Crippen molar-refractivity contribution >= 4 is 45.7 Å². The molecule has 0 atom stereocenters. The fourth-order valence-corrected chi connectivity index (χ4v) is 4.67. The van der Waals surface area contributed by atoms with Crippen molar-refractivity contribution in [3.05, 3.63) is 69.8 Å². The third kappa shape index (κ3) is 5.73. The second-order valence-corrected chi connectivity index (χ2v) is 9.54. The number of halogens is 1. The molecule has 0 spiro atoms. The zero-order valence-corrected chi connectivity index (χ0v) is 20.7. The molecule has 0 unspecified atom stereocenters. The van der Waals surface area contributed by atoms with Crippen LogP contribution in [0.15, 0.2) is 53.0 Å². The fourth-order valence-electron chi connectivity index (χ4n) is 3.09. The summed E-state index contributed by atoms with van der Waals surface area (Å²) in [7, 11) is 1.85. The Bertz CT molecular complexity index is 1250. The SMILES string of the molecule is Cc1cc(OCc2nnc(SCC(=O)Nc3nc(-c4ccccc4)cs3)n2C)cc(C)c1Cl. The number of nitrogens with one attached hydrogen (secondary N) is 1. The number of ether oxygens (including phenoxy) is 1. The minimum Gasteiger partial charge on any atom is -0.486 e. The standard InChI is InChI=1S/C23H22ClN5O2S2/c1-14-9-17(10-15(2)21(14)24)31-11-19-27-28-23(29(19)3)33-13-20(30)26-22-25-18(12-32-22)16-7-5-4-6-8-16/h4-10,12H,11,13H2,1-3H3,(H,25,26,30). The molecule has 0 radical (unpaired) electrons. The normalized spacial score (nSPS) is 10.9. The zero-order valence-electron chi connectivity index (χ0n) is 18.3. The van der Waals surface area contributed by atoms with Crippen molar-refractivity contribution in [3.8, 4) is 17.0 Å². The lowest BCUT2D eigenvalue weighted by Gasteiger charge is -2.10. The predicted octanol–water partition coefficient (Wildman–Crippen LogP) is 5.52. The first-order valence-corrected chi connectivity index (χ1v) is 12.4. The van der Waals surface area contributed by atoms with E-state index in [1.165, 1.54) is 23.1 Å². The molecule has 7 nitrogen and oxygen atoms in total. The van der Waals surface area contributed by atoms with Crippen LogP contribution in [0.3, 0.4) is 0 Å². The van der Waals surface area contributed by atoms with Crippen LogP contribution in [0.25, 0.3) is 11.3 Å². The van der Waals surface area contributed by atoms with E-state index in [1.807, 2.05) is 73.3 Å². The number of thioether (sulfide) groups is 1. The van der Waals surface area contributed by atoms with Crippen molar-refractivity contribution in [1.29, 1.82) is 0 Å². The molecule has 33 heavy (non-hydrogen) atoms. The molecule has 0 bridgehead atoms. The van der Waals surface area contributed by atoms with Crippen LogP contribution < -0.4 is 10.1 Å². The van der Waals surface area contributed by atoms with Crippen molar-refractivity contribution in [2.75, 3.05) is 11.1 Å². The number of benzene rings is 2. The largest absolute Gasteiger partial charge is 0.486 e. The van der Waals surface area contributed by atoms with Gasteiger partial charge in [0.05, 0.1) is 11.4 Å². The summed E-state index contributed by atoms with van der Waals surface area (Å²) in [5, 5.41) is 15.1. The van der Waals surface area contributed by atoms with Crippen molar-refractivity contribution in [3.63, 3.8) is 0 Å². The van der Waals surface area contributed by atoms with E-state index in [9.17, 15) is 4.79 Å². The number of hydrogen-bond donors (Lipinski definition) is 1. The maximum Gasteiger partial charge on any atom is 0.236 e. The van der Waals surface area contributed by atoms with Crippen LogP contribution in [0, 0.1) is 13.8 Å². The molecule has 10 heteroatoms. The number of amides is 1. The van der Waals surface area contributed by atoms with Crippen molar-refractivity contribution < 1.29 is 9.53 Å². The topological polar surface area (TPSA) is 81.9 Å². The number of carbonyl (C=O) groups is 1.